The van der Waals surface area contributed by atoms with E-state index in [1.165, 1.54) is 70.9 Å². The molecule has 0 aromatic heterocycles. The molecule has 1 nitrogen and oxygen atoms in total. The fraction of sp³-hybridized carbons (Fsp3) is 0.0526. The zero-order valence-electron chi connectivity index (χ0n) is 21.8. The Labute approximate surface area is 228 Å². The lowest BCUT2D eigenvalue weighted by atomic mass is 9.84. The minimum absolute atomic E-state index is 0.937. The molecule has 0 radical (unpaired) electrons. The first-order valence-corrected chi connectivity index (χ1v) is 13.6. The molecule has 7 rings (SSSR count). The average molecular weight is 500 g/mol. The maximum absolute atomic E-state index is 5.61. The number of fused-ring (bicyclic) bond motifs is 4. The molecule has 0 unspecified atom stereocenters. The van der Waals surface area contributed by atoms with E-state index in [0.717, 1.165) is 12.8 Å². The zero-order valence-corrected chi connectivity index (χ0v) is 21.8. The molecular formula is C38H29N. The lowest BCUT2D eigenvalue weighted by molar-refractivity contribution is 1.01. The number of hydrogen-bond donors (Lipinski definition) is 1. The first-order chi connectivity index (χ1) is 19.3. The molecule has 0 amide bonds. The van der Waals surface area contributed by atoms with E-state index in [2.05, 4.69) is 127 Å². The van der Waals surface area contributed by atoms with Crippen molar-refractivity contribution >= 4 is 43.1 Å². The van der Waals surface area contributed by atoms with Gasteiger partial charge in [0.05, 0.1) is 0 Å². The first-order valence-electron chi connectivity index (χ1n) is 13.6. The molecule has 0 aliphatic carbocycles. The highest BCUT2D eigenvalue weighted by molar-refractivity contribution is 6.23. The van der Waals surface area contributed by atoms with E-state index in [1.807, 2.05) is 6.08 Å². The molecule has 0 bridgehead atoms. The largest absolute Gasteiger partial charge is 0.405 e. The molecule has 0 aliphatic heterocycles. The Morgan fingerprint density at radius 3 is 1.79 bits per heavy atom. The van der Waals surface area contributed by atoms with E-state index in [9.17, 15) is 0 Å². The zero-order chi connectivity index (χ0) is 26.2. The lowest BCUT2D eigenvalue weighted by Gasteiger charge is -2.19. The fourth-order valence-electron chi connectivity index (χ4n) is 6.22. The van der Waals surface area contributed by atoms with Gasteiger partial charge in [0, 0.05) is 0 Å². The Balaban J connectivity index is 1.55. The minimum Gasteiger partial charge on any atom is -0.405 e. The fourth-order valence-corrected chi connectivity index (χ4v) is 6.22. The van der Waals surface area contributed by atoms with Crippen LogP contribution < -0.4 is 5.73 Å². The molecule has 0 saturated heterocycles. The van der Waals surface area contributed by atoms with Gasteiger partial charge in [0.25, 0.3) is 0 Å². The van der Waals surface area contributed by atoms with Gasteiger partial charge in [0.2, 0.25) is 0 Å². The summed E-state index contributed by atoms with van der Waals surface area (Å²) >= 11 is 0. The highest BCUT2D eigenvalue weighted by Crippen LogP contribution is 2.45. The van der Waals surface area contributed by atoms with Gasteiger partial charge >= 0.3 is 0 Å². The van der Waals surface area contributed by atoms with Crippen molar-refractivity contribution in [1.29, 1.82) is 0 Å². The van der Waals surface area contributed by atoms with Crippen molar-refractivity contribution in [2.45, 2.75) is 12.8 Å². The number of benzene rings is 7. The van der Waals surface area contributed by atoms with E-state index in [-0.39, 0.29) is 0 Å². The predicted octanol–water partition coefficient (Wildman–Crippen LogP) is 10.0. The summed E-state index contributed by atoms with van der Waals surface area (Å²) < 4.78 is 0. The Morgan fingerprint density at radius 1 is 0.487 bits per heavy atom. The second-order valence-corrected chi connectivity index (χ2v) is 10.2. The van der Waals surface area contributed by atoms with E-state index in [0.29, 0.717) is 0 Å². The molecule has 186 valence electrons. The van der Waals surface area contributed by atoms with Crippen molar-refractivity contribution in [2.75, 3.05) is 0 Å². The van der Waals surface area contributed by atoms with E-state index in [1.54, 1.807) is 6.20 Å². The van der Waals surface area contributed by atoms with Crippen LogP contribution in [0.25, 0.3) is 65.3 Å². The lowest BCUT2D eigenvalue weighted by Crippen LogP contribution is -1.93. The third-order valence-corrected chi connectivity index (χ3v) is 7.97. The standard InChI is InChI=1S/C38H29N/c39-24-8-7-12-27-14-9-20-31-30(27)19-10-21-32(31)38-35-17-5-3-15-33(35)37(34-16-4-6-18-36(34)38)29-23-22-26-11-1-2-13-28(26)25-29/h1-6,8-11,13-25H,7,12,39H2/b24-8-. The molecule has 0 heterocycles. The van der Waals surface area contributed by atoms with Crippen molar-refractivity contribution in [3.05, 3.63) is 145 Å². The SMILES string of the molecule is N/C=C\CCc1cccc2c(-c3c4ccccc4c(-c4ccc5ccccc5c4)c4ccccc34)cccc12. The van der Waals surface area contributed by atoms with E-state index < -0.39 is 0 Å². The number of nitrogens with two attached hydrogens (primary N) is 1. The van der Waals surface area contributed by atoms with Crippen LogP contribution in [-0.4, -0.2) is 0 Å². The Kier molecular flexibility index (Phi) is 5.83. The molecule has 2 N–H and O–H groups in total. The predicted molar refractivity (Wildman–Crippen MR) is 169 cm³/mol. The van der Waals surface area contributed by atoms with Gasteiger partial charge in [-0.2, -0.15) is 0 Å². The van der Waals surface area contributed by atoms with Crippen LogP contribution in [0.5, 0.6) is 0 Å². The van der Waals surface area contributed by atoms with Crippen LogP contribution in [0.1, 0.15) is 12.0 Å². The second kappa shape index (κ2) is 9.78. The van der Waals surface area contributed by atoms with Crippen molar-refractivity contribution in [3.63, 3.8) is 0 Å². The number of hydrogen-bond acceptors (Lipinski definition) is 1. The third-order valence-electron chi connectivity index (χ3n) is 7.97. The minimum atomic E-state index is 0.937. The summed E-state index contributed by atoms with van der Waals surface area (Å²) in [6, 6.07) is 46.7. The van der Waals surface area contributed by atoms with Crippen LogP contribution in [0.15, 0.2) is 140 Å². The van der Waals surface area contributed by atoms with Crippen molar-refractivity contribution < 1.29 is 0 Å². The molecule has 7 aromatic carbocycles. The smallest absolute Gasteiger partial charge is 0.00201 e. The summed E-state index contributed by atoms with van der Waals surface area (Å²) in [4.78, 5) is 0. The van der Waals surface area contributed by atoms with Gasteiger partial charge in [-0.25, -0.2) is 0 Å². The molecular weight excluding hydrogens is 470 g/mol. The summed E-state index contributed by atoms with van der Waals surface area (Å²) in [6.07, 6.45) is 5.59. The van der Waals surface area contributed by atoms with Crippen molar-refractivity contribution in [1.82, 2.24) is 0 Å². The summed E-state index contributed by atoms with van der Waals surface area (Å²) in [5.74, 6) is 0. The van der Waals surface area contributed by atoms with Gasteiger partial charge in [0.1, 0.15) is 0 Å². The van der Waals surface area contributed by atoms with Crippen LogP contribution in [0.2, 0.25) is 0 Å². The first kappa shape index (κ1) is 23.3. The summed E-state index contributed by atoms with van der Waals surface area (Å²) in [5, 5.41) is 10.3. The topological polar surface area (TPSA) is 26.0 Å². The summed E-state index contributed by atoms with van der Waals surface area (Å²) in [6.45, 7) is 0. The quantitative estimate of drug-likeness (QED) is 0.234. The van der Waals surface area contributed by atoms with E-state index in [4.69, 9.17) is 5.73 Å². The summed E-state index contributed by atoms with van der Waals surface area (Å²) in [7, 11) is 0. The molecule has 1 heteroatoms. The Morgan fingerprint density at radius 2 is 1.08 bits per heavy atom. The van der Waals surface area contributed by atoms with Crippen LogP contribution in [0.4, 0.5) is 0 Å². The molecule has 0 aliphatic rings. The molecule has 0 atom stereocenters. The number of rotatable bonds is 5. The Hall–Kier alpha value is -4.88. The average Bonchev–Trinajstić information content (AvgIpc) is 2.99. The number of allylic oxidation sites excluding steroid dienone is 1. The van der Waals surface area contributed by atoms with Crippen LogP contribution >= 0.6 is 0 Å². The third kappa shape index (κ3) is 3.95. The monoisotopic (exact) mass is 499 g/mol. The van der Waals surface area contributed by atoms with Gasteiger partial charge in [-0.3, -0.25) is 0 Å². The number of aryl methyl sites for hydroxylation is 1. The Bertz CT molecular complexity index is 1970. The van der Waals surface area contributed by atoms with Gasteiger partial charge < -0.3 is 5.73 Å². The van der Waals surface area contributed by atoms with Crippen LogP contribution in [0.3, 0.4) is 0 Å². The van der Waals surface area contributed by atoms with Crippen molar-refractivity contribution in [2.24, 2.45) is 5.73 Å². The van der Waals surface area contributed by atoms with Crippen molar-refractivity contribution in [3.8, 4) is 22.3 Å². The van der Waals surface area contributed by atoms with E-state index >= 15 is 0 Å². The molecule has 0 saturated carbocycles. The normalized spacial score (nSPS) is 11.8. The molecule has 0 spiro atoms. The molecule has 7 aromatic rings. The highest BCUT2D eigenvalue weighted by atomic mass is 14.5. The van der Waals surface area contributed by atoms with Crippen LogP contribution in [-0.2, 0) is 6.42 Å². The van der Waals surface area contributed by atoms with Gasteiger partial charge in [-0.15, -0.1) is 0 Å². The maximum Gasteiger partial charge on any atom is -0.00201 e. The molecule has 0 fully saturated rings. The maximum atomic E-state index is 5.61. The van der Waals surface area contributed by atoms with Crippen LogP contribution in [0, 0.1) is 0 Å². The summed E-state index contributed by atoms with van der Waals surface area (Å²) in [5.41, 5.74) is 12.1. The highest BCUT2D eigenvalue weighted by Gasteiger charge is 2.18. The van der Waals surface area contributed by atoms with Gasteiger partial charge in [-0.1, -0.05) is 127 Å². The van der Waals surface area contributed by atoms with Gasteiger partial charge in [-0.05, 0) is 96.0 Å². The van der Waals surface area contributed by atoms with Gasteiger partial charge in [0.15, 0.2) is 0 Å². The molecule has 39 heavy (non-hydrogen) atoms. The second-order valence-electron chi connectivity index (χ2n) is 10.2.